The van der Waals surface area contributed by atoms with Gasteiger partial charge in [0.1, 0.15) is 6.04 Å². The third-order valence-electron chi connectivity index (χ3n) is 5.01. The lowest BCUT2D eigenvalue weighted by atomic mass is 10.0. The normalized spacial score (nSPS) is 22.6. The molecule has 0 aromatic heterocycles. The first-order valence-electron chi connectivity index (χ1n) is 8.64. The first-order valence-corrected chi connectivity index (χ1v) is 8.64. The Bertz CT molecular complexity index is 592. The first-order chi connectivity index (χ1) is 11.5. The summed E-state index contributed by atoms with van der Waals surface area (Å²) >= 11 is 0. The molecule has 2 saturated heterocycles. The van der Waals surface area contributed by atoms with Gasteiger partial charge in [0.05, 0.1) is 0 Å². The van der Waals surface area contributed by atoms with E-state index in [1.807, 2.05) is 12.1 Å². The van der Waals surface area contributed by atoms with Crippen LogP contribution in [0.2, 0.25) is 0 Å². The predicted octanol–water partition coefficient (Wildman–Crippen LogP) is 1.43. The van der Waals surface area contributed by atoms with Crippen LogP contribution in [0.3, 0.4) is 0 Å². The number of imide groups is 1. The summed E-state index contributed by atoms with van der Waals surface area (Å²) in [4.78, 5) is 27.7. The van der Waals surface area contributed by atoms with Crippen molar-refractivity contribution in [1.82, 2.24) is 10.2 Å². The summed E-state index contributed by atoms with van der Waals surface area (Å²) in [5.74, 6) is -0.421. The third kappa shape index (κ3) is 3.87. The Morgan fingerprint density at radius 2 is 1.75 bits per heavy atom. The molecule has 2 fully saturated rings. The van der Waals surface area contributed by atoms with Crippen LogP contribution in [0.4, 0.5) is 11.4 Å². The Morgan fingerprint density at radius 3 is 2.33 bits per heavy atom. The Balaban J connectivity index is 1.56. The van der Waals surface area contributed by atoms with Crippen LogP contribution in [-0.4, -0.2) is 56.0 Å². The van der Waals surface area contributed by atoms with Crippen LogP contribution in [0.5, 0.6) is 0 Å². The number of nitrogens with one attached hydrogen (secondary N) is 2. The van der Waals surface area contributed by atoms with Crippen molar-refractivity contribution in [2.45, 2.75) is 37.8 Å². The van der Waals surface area contributed by atoms with Crippen molar-refractivity contribution >= 4 is 23.2 Å². The minimum atomic E-state index is -0.329. The molecule has 2 heterocycles. The van der Waals surface area contributed by atoms with Crippen LogP contribution in [0.1, 0.15) is 25.7 Å². The number of benzene rings is 1. The molecule has 1 aromatic rings. The first kappa shape index (κ1) is 16.8. The zero-order chi connectivity index (χ0) is 17.1. The maximum absolute atomic E-state index is 11.8. The summed E-state index contributed by atoms with van der Waals surface area (Å²) in [7, 11) is 4.30. The molecule has 0 saturated carbocycles. The molecule has 1 unspecified atom stereocenters. The number of piperidine rings is 2. The predicted molar refractivity (Wildman–Crippen MR) is 95.2 cm³/mol. The van der Waals surface area contributed by atoms with E-state index in [0.717, 1.165) is 18.8 Å². The number of carbonyl (C=O) groups excluding carboxylic acids is 2. The molecular formula is C18H26N4O2. The fourth-order valence-electron chi connectivity index (χ4n) is 3.44. The zero-order valence-electron chi connectivity index (χ0n) is 14.4. The maximum Gasteiger partial charge on any atom is 0.249 e. The molecule has 2 amide bonds. The summed E-state index contributed by atoms with van der Waals surface area (Å²) in [5, 5.41) is 5.59. The van der Waals surface area contributed by atoms with Crippen molar-refractivity contribution < 1.29 is 9.59 Å². The molecule has 2 aliphatic rings. The second kappa shape index (κ2) is 7.21. The summed E-state index contributed by atoms with van der Waals surface area (Å²) in [6.07, 6.45) is 3.30. The van der Waals surface area contributed by atoms with Gasteiger partial charge >= 0.3 is 0 Å². The third-order valence-corrected chi connectivity index (χ3v) is 5.01. The lowest BCUT2D eigenvalue weighted by Gasteiger charge is -2.36. The molecule has 130 valence electrons. The van der Waals surface area contributed by atoms with Gasteiger partial charge in [-0.1, -0.05) is 0 Å². The van der Waals surface area contributed by atoms with Gasteiger partial charge in [-0.2, -0.15) is 0 Å². The molecule has 2 aliphatic heterocycles. The van der Waals surface area contributed by atoms with E-state index < -0.39 is 0 Å². The Hall–Kier alpha value is -2.08. The minimum Gasteiger partial charge on any atom is -0.374 e. The molecule has 1 atom stereocenters. The van der Waals surface area contributed by atoms with Crippen LogP contribution in [0, 0.1) is 0 Å². The second-order valence-electron chi connectivity index (χ2n) is 6.88. The van der Waals surface area contributed by atoms with Crippen LogP contribution in [0.25, 0.3) is 0 Å². The van der Waals surface area contributed by atoms with Gasteiger partial charge in [0.2, 0.25) is 11.8 Å². The molecule has 2 N–H and O–H groups in total. The molecule has 0 aliphatic carbocycles. The lowest BCUT2D eigenvalue weighted by Crippen LogP contribution is -2.47. The van der Waals surface area contributed by atoms with Gasteiger partial charge in [0.25, 0.3) is 0 Å². The van der Waals surface area contributed by atoms with Gasteiger partial charge in [0, 0.05) is 36.9 Å². The van der Waals surface area contributed by atoms with Gasteiger partial charge in [-0.25, -0.2) is 0 Å². The molecular weight excluding hydrogens is 304 g/mol. The molecule has 0 bridgehead atoms. The fraction of sp³-hybridized carbons (Fsp3) is 0.556. The molecule has 0 radical (unpaired) electrons. The average Bonchev–Trinajstić information content (AvgIpc) is 2.58. The Labute approximate surface area is 143 Å². The molecule has 3 rings (SSSR count). The Kier molecular flexibility index (Phi) is 5.04. The van der Waals surface area contributed by atoms with Gasteiger partial charge in [-0.05, 0) is 57.6 Å². The quantitative estimate of drug-likeness (QED) is 0.818. The summed E-state index contributed by atoms with van der Waals surface area (Å²) in [6.45, 7) is 2.14. The van der Waals surface area contributed by atoms with Crippen molar-refractivity contribution in [3.63, 3.8) is 0 Å². The number of amides is 2. The van der Waals surface area contributed by atoms with E-state index in [4.69, 9.17) is 0 Å². The van der Waals surface area contributed by atoms with Crippen molar-refractivity contribution in [2.24, 2.45) is 0 Å². The van der Waals surface area contributed by atoms with Gasteiger partial charge in [-0.3, -0.25) is 14.9 Å². The second-order valence-corrected chi connectivity index (χ2v) is 6.88. The van der Waals surface area contributed by atoms with Crippen molar-refractivity contribution in [3.05, 3.63) is 24.3 Å². The van der Waals surface area contributed by atoms with E-state index in [9.17, 15) is 9.59 Å². The highest BCUT2D eigenvalue weighted by Gasteiger charge is 2.26. The molecule has 1 aromatic carbocycles. The van der Waals surface area contributed by atoms with E-state index in [1.165, 1.54) is 18.5 Å². The van der Waals surface area contributed by atoms with Crippen LogP contribution < -0.4 is 15.5 Å². The highest BCUT2D eigenvalue weighted by molar-refractivity contribution is 6.01. The fourth-order valence-corrected chi connectivity index (χ4v) is 3.44. The number of hydrogen-bond donors (Lipinski definition) is 2. The minimum absolute atomic E-state index is 0.186. The monoisotopic (exact) mass is 330 g/mol. The van der Waals surface area contributed by atoms with Crippen LogP contribution in [-0.2, 0) is 9.59 Å². The highest BCUT2D eigenvalue weighted by atomic mass is 16.2. The van der Waals surface area contributed by atoms with E-state index in [2.05, 4.69) is 46.7 Å². The molecule has 6 heteroatoms. The smallest absolute Gasteiger partial charge is 0.249 e. The number of nitrogens with zero attached hydrogens (tertiary/aromatic N) is 2. The molecule has 0 spiro atoms. The standard InChI is InChI=1S/C18H26N4O2/c1-21(2)14-9-11-22(12-10-14)15-5-3-13(4-6-15)19-16-7-8-17(23)20-18(16)24/h3-6,14,16,19H,7-12H2,1-2H3,(H,20,23,24). The van der Waals surface area contributed by atoms with E-state index in [1.54, 1.807) is 0 Å². The number of hydrogen-bond acceptors (Lipinski definition) is 5. The van der Waals surface area contributed by atoms with Gasteiger partial charge in [0.15, 0.2) is 0 Å². The maximum atomic E-state index is 11.8. The summed E-state index contributed by atoms with van der Waals surface area (Å²) < 4.78 is 0. The molecule has 6 nitrogen and oxygen atoms in total. The summed E-state index contributed by atoms with van der Waals surface area (Å²) in [5.41, 5.74) is 2.14. The highest BCUT2D eigenvalue weighted by Crippen LogP contribution is 2.24. The van der Waals surface area contributed by atoms with Crippen molar-refractivity contribution in [2.75, 3.05) is 37.4 Å². The van der Waals surface area contributed by atoms with Crippen LogP contribution >= 0.6 is 0 Å². The lowest BCUT2D eigenvalue weighted by molar-refractivity contribution is -0.133. The topological polar surface area (TPSA) is 64.7 Å². The number of anilines is 2. The van der Waals surface area contributed by atoms with Gasteiger partial charge in [-0.15, -0.1) is 0 Å². The molecule has 24 heavy (non-hydrogen) atoms. The van der Waals surface area contributed by atoms with E-state index in [0.29, 0.717) is 18.9 Å². The van der Waals surface area contributed by atoms with E-state index in [-0.39, 0.29) is 17.9 Å². The van der Waals surface area contributed by atoms with Crippen molar-refractivity contribution in [1.29, 1.82) is 0 Å². The number of rotatable bonds is 4. The Morgan fingerprint density at radius 1 is 1.08 bits per heavy atom. The number of carbonyl (C=O) groups is 2. The van der Waals surface area contributed by atoms with Crippen LogP contribution in [0.15, 0.2) is 24.3 Å². The average molecular weight is 330 g/mol. The SMILES string of the molecule is CN(C)C1CCN(c2ccc(NC3CCC(=O)NC3=O)cc2)CC1. The largest absolute Gasteiger partial charge is 0.374 e. The summed E-state index contributed by atoms with van der Waals surface area (Å²) in [6, 6.07) is 8.57. The zero-order valence-corrected chi connectivity index (χ0v) is 14.4. The van der Waals surface area contributed by atoms with Gasteiger partial charge < -0.3 is 15.1 Å². The van der Waals surface area contributed by atoms with E-state index >= 15 is 0 Å². The van der Waals surface area contributed by atoms with Crippen molar-refractivity contribution in [3.8, 4) is 0 Å².